The number of hydrogen-bond donors (Lipinski definition) is 1. The van der Waals surface area contributed by atoms with Crippen molar-refractivity contribution in [2.45, 2.75) is 25.2 Å². The molecule has 2 aromatic rings. The number of aromatic amines is 1. The molecule has 0 saturated heterocycles. The zero-order valence-electron chi connectivity index (χ0n) is 7.33. The highest BCUT2D eigenvalue weighted by atomic mass is 15.1. The smallest absolute Gasteiger partial charge is 0.155 e. The van der Waals surface area contributed by atoms with E-state index in [1.165, 1.54) is 24.8 Å². The van der Waals surface area contributed by atoms with E-state index in [4.69, 9.17) is 0 Å². The van der Waals surface area contributed by atoms with Gasteiger partial charge in [0.2, 0.25) is 0 Å². The molecule has 13 heavy (non-hydrogen) atoms. The average Bonchev–Trinajstić information content (AvgIpc) is 2.47. The third-order valence-electron chi connectivity index (χ3n) is 2.89. The second-order valence-electron chi connectivity index (χ2n) is 3.70. The number of hydrogen-bond acceptors (Lipinski definition) is 2. The molecule has 2 aromatic heterocycles. The van der Waals surface area contributed by atoms with Gasteiger partial charge < -0.3 is 0 Å². The van der Waals surface area contributed by atoms with Crippen LogP contribution >= 0.6 is 0 Å². The van der Waals surface area contributed by atoms with E-state index in [2.05, 4.69) is 21.2 Å². The summed E-state index contributed by atoms with van der Waals surface area (Å²) in [4.78, 5) is 4.33. The molecule has 1 aliphatic carbocycles. The van der Waals surface area contributed by atoms with Crippen molar-refractivity contribution >= 4 is 11.0 Å². The molecule has 2 heterocycles. The van der Waals surface area contributed by atoms with Crippen LogP contribution in [0.3, 0.4) is 0 Å². The molecule has 0 bridgehead atoms. The molecule has 0 unspecified atom stereocenters. The van der Waals surface area contributed by atoms with Crippen molar-refractivity contribution in [2.75, 3.05) is 0 Å². The molecular formula is C10H11N3. The zero-order valence-corrected chi connectivity index (χ0v) is 7.33. The van der Waals surface area contributed by atoms with Crippen LogP contribution in [-0.2, 0) is 0 Å². The van der Waals surface area contributed by atoms with Gasteiger partial charge in [-0.3, -0.25) is 5.10 Å². The van der Waals surface area contributed by atoms with Crippen molar-refractivity contribution in [3.63, 3.8) is 0 Å². The monoisotopic (exact) mass is 173 g/mol. The SMILES string of the molecule is c1nc2[nH]ncc2cc1C1CCC1. The Morgan fingerprint density at radius 1 is 1.31 bits per heavy atom. The van der Waals surface area contributed by atoms with Gasteiger partial charge in [-0.25, -0.2) is 4.98 Å². The van der Waals surface area contributed by atoms with E-state index in [0.717, 1.165) is 17.0 Å². The maximum Gasteiger partial charge on any atom is 0.155 e. The first-order valence-corrected chi connectivity index (χ1v) is 4.72. The number of nitrogens with one attached hydrogen (secondary N) is 1. The summed E-state index contributed by atoms with van der Waals surface area (Å²) in [5.41, 5.74) is 2.27. The predicted octanol–water partition coefficient (Wildman–Crippen LogP) is 2.23. The molecule has 66 valence electrons. The third kappa shape index (κ3) is 1.03. The molecule has 0 radical (unpaired) electrons. The lowest BCUT2D eigenvalue weighted by Crippen LogP contribution is -2.08. The molecule has 1 fully saturated rings. The van der Waals surface area contributed by atoms with Crippen LogP contribution in [0, 0.1) is 0 Å². The van der Waals surface area contributed by atoms with Crippen molar-refractivity contribution in [1.29, 1.82) is 0 Å². The van der Waals surface area contributed by atoms with Gasteiger partial charge in [0.15, 0.2) is 5.65 Å². The Labute approximate surface area is 76.2 Å². The Balaban J connectivity index is 2.09. The van der Waals surface area contributed by atoms with Crippen molar-refractivity contribution in [3.05, 3.63) is 24.0 Å². The molecule has 0 amide bonds. The first-order chi connectivity index (χ1) is 6.43. The van der Waals surface area contributed by atoms with Gasteiger partial charge in [-0.2, -0.15) is 5.10 Å². The van der Waals surface area contributed by atoms with Crippen molar-refractivity contribution in [3.8, 4) is 0 Å². The number of rotatable bonds is 1. The number of nitrogens with zero attached hydrogens (tertiary/aromatic N) is 2. The Morgan fingerprint density at radius 2 is 2.23 bits per heavy atom. The fourth-order valence-electron chi connectivity index (χ4n) is 1.82. The fraction of sp³-hybridized carbons (Fsp3) is 0.400. The predicted molar refractivity (Wildman–Crippen MR) is 50.5 cm³/mol. The summed E-state index contributed by atoms with van der Waals surface area (Å²) < 4.78 is 0. The van der Waals surface area contributed by atoms with Gasteiger partial charge >= 0.3 is 0 Å². The summed E-state index contributed by atoms with van der Waals surface area (Å²) in [6, 6.07) is 2.20. The van der Waals surface area contributed by atoms with E-state index >= 15 is 0 Å². The van der Waals surface area contributed by atoms with Crippen LogP contribution < -0.4 is 0 Å². The van der Waals surface area contributed by atoms with E-state index in [1.54, 1.807) is 0 Å². The molecule has 0 aromatic carbocycles. The normalized spacial score (nSPS) is 17.5. The minimum absolute atomic E-state index is 0.756. The minimum Gasteiger partial charge on any atom is -0.261 e. The van der Waals surface area contributed by atoms with E-state index in [-0.39, 0.29) is 0 Å². The van der Waals surface area contributed by atoms with Crippen molar-refractivity contribution in [1.82, 2.24) is 15.2 Å². The highest BCUT2D eigenvalue weighted by Crippen LogP contribution is 2.36. The van der Waals surface area contributed by atoms with Crippen molar-refractivity contribution < 1.29 is 0 Å². The van der Waals surface area contributed by atoms with Gasteiger partial charge in [0, 0.05) is 11.6 Å². The molecule has 3 nitrogen and oxygen atoms in total. The Bertz CT molecular complexity index is 428. The largest absolute Gasteiger partial charge is 0.261 e. The van der Waals surface area contributed by atoms with Gasteiger partial charge in [-0.1, -0.05) is 6.42 Å². The highest BCUT2D eigenvalue weighted by Gasteiger charge is 2.19. The molecule has 3 heteroatoms. The summed E-state index contributed by atoms with van der Waals surface area (Å²) in [6.45, 7) is 0. The van der Waals surface area contributed by atoms with Gasteiger partial charge in [0.1, 0.15) is 0 Å². The van der Waals surface area contributed by atoms with Crippen LogP contribution in [-0.4, -0.2) is 15.2 Å². The molecule has 0 spiro atoms. The van der Waals surface area contributed by atoms with Gasteiger partial charge in [0.05, 0.1) is 6.20 Å². The molecular weight excluding hydrogens is 162 g/mol. The molecule has 1 N–H and O–H groups in total. The molecule has 3 rings (SSSR count). The number of H-pyrrole nitrogens is 1. The lowest BCUT2D eigenvalue weighted by Gasteiger charge is -2.25. The van der Waals surface area contributed by atoms with Crippen molar-refractivity contribution in [2.24, 2.45) is 0 Å². The first kappa shape index (κ1) is 7.06. The number of pyridine rings is 1. The summed E-state index contributed by atoms with van der Waals surface area (Å²) in [7, 11) is 0. The van der Waals surface area contributed by atoms with Crippen LogP contribution in [0.2, 0.25) is 0 Å². The maximum atomic E-state index is 4.33. The van der Waals surface area contributed by atoms with Crippen LogP contribution in [0.1, 0.15) is 30.7 Å². The highest BCUT2D eigenvalue weighted by molar-refractivity contribution is 5.74. The lowest BCUT2D eigenvalue weighted by atomic mass is 9.80. The van der Waals surface area contributed by atoms with Gasteiger partial charge in [0.25, 0.3) is 0 Å². The van der Waals surface area contributed by atoms with E-state index in [9.17, 15) is 0 Å². The summed E-state index contributed by atoms with van der Waals surface area (Å²) >= 11 is 0. The zero-order chi connectivity index (χ0) is 8.67. The average molecular weight is 173 g/mol. The summed E-state index contributed by atoms with van der Waals surface area (Å²) in [5.74, 6) is 0.756. The van der Waals surface area contributed by atoms with E-state index in [0.29, 0.717) is 0 Å². The fourth-order valence-corrected chi connectivity index (χ4v) is 1.82. The third-order valence-corrected chi connectivity index (χ3v) is 2.89. The van der Waals surface area contributed by atoms with E-state index < -0.39 is 0 Å². The topological polar surface area (TPSA) is 41.6 Å². The van der Waals surface area contributed by atoms with Gasteiger partial charge in [-0.15, -0.1) is 0 Å². The van der Waals surface area contributed by atoms with Crippen LogP contribution in [0.25, 0.3) is 11.0 Å². The minimum atomic E-state index is 0.756. The maximum absolute atomic E-state index is 4.33. The Kier molecular flexibility index (Phi) is 1.39. The first-order valence-electron chi connectivity index (χ1n) is 4.72. The lowest BCUT2D eigenvalue weighted by molar-refractivity contribution is 0.419. The quantitative estimate of drug-likeness (QED) is 0.718. The molecule has 0 atom stereocenters. The van der Waals surface area contributed by atoms with Crippen LogP contribution in [0.15, 0.2) is 18.5 Å². The Morgan fingerprint density at radius 3 is 3.00 bits per heavy atom. The Hall–Kier alpha value is -1.38. The molecule has 0 aliphatic heterocycles. The standard InChI is InChI=1S/C10H11N3/c1-2-7(3-1)8-4-9-6-12-13-10(9)11-5-8/h4-7H,1-3H2,(H,11,12,13). The number of fused-ring (bicyclic) bond motifs is 1. The molecule has 1 aliphatic rings. The summed E-state index contributed by atoms with van der Waals surface area (Å²) in [5, 5.41) is 7.95. The van der Waals surface area contributed by atoms with Gasteiger partial charge in [-0.05, 0) is 30.4 Å². The second kappa shape index (κ2) is 2.55. The van der Waals surface area contributed by atoms with E-state index in [1.807, 2.05) is 12.4 Å². The number of aromatic nitrogens is 3. The van der Waals surface area contributed by atoms with Crippen LogP contribution in [0.5, 0.6) is 0 Å². The summed E-state index contributed by atoms with van der Waals surface area (Å²) in [6.07, 6.45) is 7.83. The second-order valence-corrected chi connectivity index (χ2v) is 3.70. The molecule has 1 saturated carbocycles. The van der Waals surface area contributed by atoms with Crippen LogP contribution in [0.4, 0.5) is 0 Å².